The second-order valence-electron chi connectivity index (χ2n) is 2.94. The van der Waals surface area contributed by atoms with Crippen LogP contribution in [0, 0.1) is 6.92 Å². The highest BCUT2D eigenvalue weighted by molar-refractivity contribution is 5.47. The molecule has 13 heavy (non-hydrogen) atoms. The normalized spacial score (nSPS) is 10.9. The minimum absolute atomic E-state index is 0.921. The average molecular weight is 176 g/mol. The van der Waals surface area contributed by atoms with Gasteiger partial charge in [-0.1, -0.05) is 25.1 Å². The third-order valence-corrected chi connectivity index (χ3v) is 1.76. The van der Waals surface area contributed by atoms with Gasteiger partial charge in [-0.15, -0.1) is 0 Å². The van der Waals surface area contributed by atoms with Crippen LogP contribution in [0.1, 0.15) is 18.2 Å². The number of aromatic nitrogens is 1. The molecule has 0 unspecified atom stereocenters. The van der Waals surface area contributed by atoms with E-state index < -0.39 is 0 Å². The van der Waals surface area contributed by atoms with Gasteiger partial charge in [0.25, 0.3) is 0 Å². The molecule has 1 heterocycles. The smallest absolute Gasteiger partial charge is 0.0373 e. The molecule has 0 aromatic carbocycles. The van der Waals surface area contributed by atoms with Crippen LogP contribution in [0.25, 0.3) is 6.08 Å². The molecule has 1 aromatic heterocycles. The predicted octanol–water partition coefficient (Wildman–Crippen LogP) is 2.01. The molecule has 0 saturated carbocycles. The molecule has 1 aromatic rings. The van der Waals surface area contributed by atoms with Gasteiger partial charge in [0.2, 0.25) is 0 Å². The van der Waals surface area contributed by atoms with Crippen molar-refractivity contribution in [2.45, 2.75) is 13.8 Å². The van der Waals surface area contributed by atoms with Gasteiger partial charge in [-0.2, -0.15) is 0 Å². The second-order valence-corrected chi connectivity index (χ2v) is 2.94. The fraction of sp³-hybridized carbons (Fsp3) is 0.364. The van der Waals surface area contributed by atoms with E-state index in [2.05, 4.69) is 35.4 Å². The van der Waals surface area contributed by atoms with Gasteiger partial charge in [0.15, 0.2) is 0 Å². The van der Waals surface area contributed by atoms with Crippen molar-refractivity contribution in [2.24, 2.45) is 0 Å². The summed E-state index contributed by atoms with van der Waals surface area (Å²) in [4.78, 5) is 4.21. The van der Waals surface area contributed by atoms with Crippen LogP contribution in [0.4, 0.5) is 0 Å². The zero-order chi connectivity index (χ0) is 9.52. The topological polar surface area (TPSA) is 24.9 Å². The van der Waals surface area contributed by atoms with E-state index in [0.717, 1.165) is 24.3 Å². The number of rotatable bonds is 4. The summed E-state index contributed by atoms with van der Waals surface area (Å²) in [6.45, 7) is 6.02. The number of hydrogen-bond donors (Lipinski definition) is 1. The molecule has 0 atom stereocenters. The van der Waals surface area contributed by atoms with Crippen molar-refractivity contribution >= 4 is 6.08 Å². The molecular formula is C11H16N2. The largest absolute Gasteiger partial charge is 0.314 e. The average Bonchev–Trinajstić information content (AvgIpc) is 2.15. The first-order chi connectivity index (χ1) is 6.33. The molecule has 0 fully saturated rings. The molecular weight excluding hydrogens is 160 g/mol. The van der Waals surface area contributed by atoms with Crippen molar-refractivity contribution < 1.29 is 0 Å². The van der Waals surface area contributed by atoms with Gasteiger partial charge in [0.1, 0.15) is 0 Å². The van der Waals surface area contributed by atoms with Crippen molar-refractivity contribution in [1.82, 2.24) is 10.3 Å². The molecule has 1 N–H and O–H groups in total. The molecule has 2 nitrogen and oxygen atoms in total. The Hall–Kier alpha value is -1.15. The second kappa shape index (κ2) is 5.49. The van der Waals surface area contributed by atoms with Crippen LogP contribution in [0.15, 0.2) is 24.4 Å². The van der Waals surface area contributed by atoms with Gasteiger partial charge in [-0.25, -0.2) is 0 Å². The van der Waals surface area contributed by atoms with E-state index in [4.69, 9.17) is 0 Å². The molecule has 0 aliphatic heterocycles. The Morgan fingerprint density at radius 1 is 1.46 bits per heavy atom. The Bertz CT molecular complexity index is 262. The van der Waals surface area contributed by atoms with Gasteiger partial charge in [-0.3, -0.25) is 4.98 Å². The number of nitrogens with zero attached hydrogens (tertiary/aromatic N) is 1. The highest BCUT2D eigenvalue weighted by Gasteiger charge is 1.86. The number of hydrogen-bond acceptors (Lipinski definition) is 2. The van der Waals surface area contributed by atoms with Crippen LogP contribution in [-0.4, -0.2) is 18.1 Å². The van der Waals surface area contributed by atoms with Crippen molar-refractivity contribution in [3.8, 4) is 0 Å². The van der Waals surface area contributed by atoms with Crippen LogP contribution in [-0.2, 0) is 0 Å². The first kappa shape index (κ1) is 9.93. The number of pyridine rings is 1. The summed E-state index contributed by atoms with van der Waals surface area (Å²) < 4.78 is 0. The maximum atomic E-state index is 4.21. The van der Waals surface area contributed by atoms with E-state index in [0.29, 0.717) is 0 Å². The predicted molar refractivity (Wildman–Crippen MR) is 56.6 cm³/mol. The van der Waals surface area contributed by atoms with Gasteiger partial charge < -0.3 is 5.32 Å². The van der Waals surface area contributed by atoms with E-state index in [1.165, 1.54) is 0 Å². The number of aryl methyl sites for hydroxylation is 1. The Kier molecular flexibility index (Phi) is 4.19. The molecule has 0 spiro atoms. The van der Waals surface area contributed by atoms with Gasteiger partial charge in [-0.05, 0) is 25.1 Å². The van der Waals surface area contributed by atoms with Gasteiger partial charge in [0.05, 0.1) is 0 Å². The first-order valence-corrected chi connectivity index (χ1v) is 4.63. The van der Waals surface area contributed by atoms with E-state index in [1.807, 2.05) is 19.2 Å². The van der Waals surface area contributed by atoms with Crippen LogP contribution in [0.3, 0.4) is 0 Å². The number of likely N-dealkylation sites (N-methyl/N-ethyl adjacent to an activating group) is 1. The summed E-state index contributed by atoms with van der Waals surface area (Å²) in [5, 5.41) is 3.22. The molecule has 0 bridgehead atoms. The van der Waals surface area contributed by atoms with Crippen LogP contribution in [0.2, 0.25) is 0 Å². The lowest BCUT2D eigenvalue weighted by atomic mass is 10.2. The first-order valence-electron chi connectivity index (χ1n) is 4.63. The van der Waals surface area contributed by atoms with Crippen LogP contribution >= 0.6 is 0 Å². The van der Waals surface area contributed by atoms with Crippen LogP contribution < -0.4 is 5.32 Å². The maximum absolute atomic E-state index is 4.21. The van der Waals surface area contributed by atoms with Gasteiger partial charge in [0, 0.05) is 18.4 Å². The summed E-state index contributed by atoms with van der Waals surface area (Å²) >= 11 is 0. The van der Waals surface area contributed by atoms with Crippen molar-refractivity contribution in [2.75, 3.05) is 13.1 Å². The Labute approximate surface area is 79.7 Å². The van der Waals surface area contributed by atoms with Crippen molar-refractivity contribution in [3.63, 3.8) is 0 Å². The maximum Gasteiger partial charge on any atom is 0.0373 e. The third-order valence-electron chi connectivity index (χ3n) is 1.76. The van der Waals surface area contributed by atoms with E-state index >= 15 is 0 Å². The Balaban J connectivity index is 2.44. The fourth-order valence-corrected chi connectivity index (χ4v) is 1.00. The Morgan fingerprint density at radius 3 is 2.92 bits per heavy atom. The molecule has 0 aliphatic carbocycles. The van der Waals surface area contributed by atoms with Crippen molar-refractivity contribution in [3.05, 3.63) is 35.7 Å². The fourth-order valence-electron chi connectivity index (χ4n) is 1.00. The zero-order valence-electron chi connectivity index (χ0n) is 8.25. The standard InChI is InChI=1S/C11H16N2/c1-3-12-8-4-5-11-7-6-10(2)13-9-11/h4-7,9,12H,3,8H2,1-2H3/b5-4+. The minimum atomic E-state index is 0.921. The molecule has 0 saturated heterocycles. The quantitative estimate of drug-likeness (QED) is 0.710. The summed E-state index contributed by atoms with van der Waals surface area (Å²) in [6.07, 6.45) is 6.07. The third kappa shape index (κ3) is 3.85. The molecule has 1 rings (SSSR count). The summed E-state index contributed by atoms with van der Waals surface area (Å²) in [7, 11) is 0. The molecule has 0 amide bonds. The molecule has 0 radical (unpaired) electrons. The van der Waals surface area contributed by atoms with Gasteiger partial charge >= 0.3 is 0 Å². The van der Waals surface area contributed by atoms with Crippen LogP contribution in [0.5, 0.6) is 0 Å². The highest BCUT2D eigenvalue weighted by Crippen LogP contribution is 2.00. The minimum Gasteiger partial charge on any atom is -0.314 e. The van der Waals surface area contributed by atoms with E-state index in [-0.39, 0.29) is 0 Å². The lowest BCUT2D eigenvalue weighted by Crippen LogP contribution is -2.11. The molecule has 0 aliphatic rings. The Morgan fingerprint density at radius 2 is 2.31 bits per heavy atom. The van der Waals surface area contributed by atoms with Crippen molar-refractivity contribution in [1.29, 1.82) is 0 Å². The summed E-state index contributed by atoms with van der Waals surface area (Å²) in [6, 6.07) is 4.09. The van der Waals surface area contributed by atoms with E-state index in [1.54, 1.807) is 0 Å². The zero-order valence-corrected chi connectivity index (χ0v) is 8.25. The highest BCUT2D eigenvalue weighted by atomic mass is 14.8. The lowest BCUT2D eigenvalue weighted by molar-refractivity contribution is 0.801. The van der Waals surface area contributed by atoms with E-state index in [9.17, 15) is 0 Å². The summed E-state index contributed by atoms with van der Waals surface area (Å²) in [5.74, 6) is 0. The SMILES string of the molecule is CCNC/C=C/c1ccc(C)nc1. The molecule has 70 valence electrons. The summed E-state index contributed by atoms with van der Waals surface area (Å²) in [5.41, 5.74) is 2.22. The number of nitrogens with one attached hydrogen (secondary N) is 1. The molecule has 2 heteroatoms. The monoisotopic (exact) mass is 176 g/mol. The lowest BCUT2D eigenvalue weighted by Gasteiger charge is -1.95.